The van der Waals surface area contributed by atoms with Gasteiger partial charge in [-0.25, -0.2) is 0 Å². The molecular formula is C20H24N4O2. The van der Waals surface area contributed by atoms with Crippen LogP contribution in [0.1, 0.15) is 21.6 Å². The molecule has 3 rings (SSSR count). The van der Waals surface area contributed by atoms with E-state index in [2.05, 4.69) is 15.2 Å². The number of hydrogen-bond donors (Lipinski definition) is 1. The minimum atomic E-state index is -0.0508. The van der Waals surface area contributed by atoms with Gasteiger partial charge in [0.25, 0.3) is 5.91 Å². The molecule has 0 bridgehead atoms. The fourth-order valence-corrected chi connectivity index (χ4v) is 3.04. The van der Waals surface area contributed by atoms with Crippen molar-refractivity contribution in [1.29, 1.82) is 0 Å². The van der Waals surface area contributed by atoms with E-state index in [9.17, 15) is 9.59 Å². The minimum absolute atomic E-state index is 0.0248. The summed E-state index contributed by atoms with van der Waals surface area (Å²) in [6, 6.07) is 11.2. The molecular weight excluding hydrogens is 328 g/mol. The van der Waals surface area contributed by atoms with Crippen LogP contribution in [0.15, 0.2) is 42.6 Å². The van der Waals surface area contributed by atoms with Gasteiger partial charge in [0.05, 0.1) is 6.54 Å². The molecule has 1 aromatic heterocycles. The van der Waals surface area contributed by atoms with E-state index < -0.39 is 0 Å². The minimum Gasteiger partial charge on any atom is -0.335 e. The summed E-state index contributed by atoms with van der Waals surface area (Å²) in [6.07, 6.45) is 1.63. The molecule has 0 radical (unpaired) electrons. The number of carbonyl (C=O) groups is 2. The second-order valence-corrected chi connectivity index (χ2v) is 6.58. The Hall–Kier alpha value is -2.73. The Kier molecular flexibility index (Phi) is 5.63. The van der Waals surface area contributed by atoms with Crippen molar-refractivity contribution in [3.05, 3.63) is 59.4 Å². The topological polar surface area (TPSA) is 65.5 Å². The smallest absolute Gasteiger partial charge is 0.272 e. The van der Waals surface area contributed by atoms with E-state index in [1.807, 2.05) is 38.1 Å². The predicted octanol–water partition coefficient (Wildman–Crippen LogP) is 2.09. The highest BCUT2D eigenvalue weighted by atomic mass is 16.2. The van der Waals surface area contributed by atoms with Crippen LogP contribution in [0.2, 0.25) is 0 Å². The third-order valence-corrected chi connectivity index (χ3v) is 4.79. The Labute approximate surface area is 153 Å². The number of pyridine rings is 1. The number of aromatic nitrogens is 1. The SMILES string of the molecule is Cc1cccc(NC(=O)CN2CCN(C(=O)c3ccccn3)CC2)c1C. The maximum atomic E-state index is 12.4. The number of aryl methyl sites for hydroxylation is 1. The number of piperazine rings is 1. The molecule has 2 heterocycles. The summed E-state index contributed by atoms with van der Waals surface area (Å²) in [6.45, 7) is 6.94. The van der Waals surface area contributed by atoms with Gasteiger partial charge in [-0.2, -0.15) is 0 Å². The summed E-state index contributed by atoms with van der Waals surface area (Å²) in [5.74, 6) is -0.0757. The van der Waals surface area contributed by atoms with E-state index in [0.29, 0.717) is 38.4 Å². The maximum absolute atomic E-state index is 12.4. The van der Waals surface area contributed by atoms with E-state index in [0.717, 1.165) is 16.8 Å². The van der Waals surface area contributed by atoms with Crippen molar-refractivity contribution < 1.29 is 9.59 Å². The van der Waals surface area contributed by atoms with Crippen LogP contribution in [0.3, 0.4) is 0 Å². The van der Waals surface area contributed by atoms with Crippen molar-refractivity contribution >= 4 is 17.5 Å². The second kappa shape index (κ2) is 8.10. The van der Waals surface area contributed by atoms with Gasteiger partial charge in [-0.3, -0.25) is 19.5 Å². The fourth-order valence-electron chi connectivity index (χ4n) is 3.04. The summed E-state index contributed by atoms with van der Waals surface area (Å²) in [5, 5.41) is 2.99. The van der Waals surface area contributed by atoms with Crippen molar-refractivity contribution in [2.45, 2.75) is 13.8 Å². The Morgan fingerprint density at radius 1 is 1.04 bits per heavy atom. The Bertz CT molecular complexity index is 784. The van der Waals surface area contributed by atoms with Gasteiger partial charge in [-0.05, 0) is 43.2 Å². The predicted molar refractivity (Wildman–Crippen MR) is 101 cm³/mol. The van der Waals surface area contributed by atoms with E-state index in [4.69, 9.17) is 0 Å². The lowest BCUT2D eigenvalue weighted by Gasteiger charge is -2.34. The van der Waals surface area contributed by atoms with Crippen LogP contribution in [0, 0.1) is 13.8 Å². The summed E-state index contributed by atoms with van der Waals surface area (Å²) in [7, 11) is 0. The van der Waals surface area contributed by atoms with Crippen LogP contribution < -0.4 is 5.32 Å². The molecule has 0 spiro atoms. The number of nitrogens with zero attached hydrogens (tertiary/aromatic N) is 3. The van der Waals surface area contributed by atoms with Crippen LogP contribution in [-0.2, 0) is 4.79 Å². The third kappa shape index (κ3) is 4.26. The molecule has 2 amide bonds. The first-order valence-corrected chi connectivity index (χ1v) is 8.83. The van der Waals surface area contributed by atoms with Crippen LogP contribution >= 0.6 is 0 Å². The zero-order valence-corrected chi connectivity index (χ0v) is 15.2. The third-order valence-electron chi connectivity index (χ3n) is 4.79. The molecule has 1 aromatic carbocycles. The monoisotopic (exact) mass is 352 g/mol. The molecule has 6 heteroatoms. The molecule has 26 heavy (non-hydrogen) atoms. The van der Waals surface area contributed by atoms with Crippen molar-refractivity contribution in [2.75, 3.05) is 38.0 Å². The molecule has 1 N–H and O–H groups in total. The number of benzene rings is 1. The lowest BCUT2D eigenvalue weighted by Crippen LogP contribution is -2.50. The molecule has 0 saturated carbocycles. The summed E-state index contributed by atoms with van der Waals surface area (Å²) in [5.41, 5.74) is 3.57. The molecule has 0 atom stereocenters. The Balaban J connectivity index is 1.50. The highest BCUT2D eigenvalue weighted by Crippen LogP contribution is 2.18. The highest BCUT2D eigenvalue weighted by Gasteiger charge is 2.23. The quantitative estimate of drug-likeness (QED) is 0.915. The van der Waals surface area contributed by atoms with Gasteiger partial charge in [0.15, 0.2) is 0 Å². The van der Waals surface area contributed by atoms with E-state index in [-0.39, 0.29) is 11.8 Å². The molecule has 2 aromatic rings. The van der Waals surface area contributed by atoms with Crippen molar-refractivity contribution in [1.82, 2.24) is 14.8 Å². The fraction of sp³-hybridized carbons (Fsp3) is 0.350. The largest absolute Gasteiger partial charge is 0.335 e. The van der Waals surface area contributed by atoms with E-state index in [1.54, 1.807) is 23.2 Å². The first-order valence-electron chi connectivity index (χ1n) is 8.83. The van der Waals surface area contributed by atoms with Crippen LogP contribution in [0.5, 0.6) is 0 Å². The van der Waals surface area contributed by atoms with Gasteiger partial charge in [-0.15, -0.1) is 0 Å². The van der Waals surface area contributed by atoms with Crippen molar-refractivity contribution in [3.63, 3.8) is 0 Å². The zero-order chi connectivity index (χ0) is 18.5. The molecule has 0 unspecified atom stereocenters. The molecule has 136 valence electrons. The van der Waals surface area contributed by atoms with Crippen LogP contribution in [0.25, 0.3) is 0 Å². The van der Waals surface area contributed by atoms with Gasteiger partial charge in [-0.1, -0.05) is 18.2 Å². The maximum Gasteiger partial charge on any atom is 0.272 e. The first kappa shape index (κ1) is 18.1. The van der Waals surface area contributed by atoms with Gasteiger partial charge >= 0.3 is 0 Å². The number of hydrogen-bond acceptors (Lipinski definition) is 4. The van der Waals surface area contributed by atoms with Crippen molar-refractivity contribution in [2.24, 2.45) is 0 Å². The Morgan fingerprint density at radius 3 is 2.50 bits per heavy atom. The van der Waals surface area contributed by atoms with Gasteiger partial charge in [0.1, 0.15) is 5.69 Å². The van der Waals surface area contributed by atoms with E-state index >= 15 is 0 Å². The first-order chi connectivity index (χ1) is 12.5. The van der Waals surface area contributed by atoms with Crippen LogP contribution in [-0.4, -0.2) is 59.3 Å². The normalized spacial score (nSPS) is 14.9. The highest BCUT2D eigenvalue weighted by molar-refractivity contribution is 5.93. The molecule has 6 nitrogen and oxygen atoms in total. The second-order valence-electron chi connectivity index (χ2n) is 6.58. The summed E-state index contributed by atoms with van der Waals surface area (Å²) in [4.78, 5) is 32.7. The molecule has 1 fully saturated rings. The molecule has 1 saturated heterocycles. The lowest BCUT2D eigenvalue weighted by atomic mass is 10.1. The Morgan fingerprint density at radius 2 is 1.81 bits per heavy atom. The summed E-state index contributed by atoms with van der Waals surface area (Å²) >= 11 is 0. The average molecular weight is 352 g/mol. The lowest BCUT2D eigenvalue weighted by molar-refractivity contribution is -0.117. The van der Waals surface area contributed by atoms with Crippen LogP contribution in [0.4, 0.5) is 5.69 Å². The number of rotatable bonds is 4. The molecule has 1 aliphatic heterocycles. The zero-order valence-electron chi connectivity index (χ0n) is 15.2. The summed E-state index contributed by atoms with van der Waals surface area (Å²) < 4.78 is 0. The van der Waals surface area contributed by atoms with E-state index in [1.165, 1.54) is 0 Å². The number of amides is 2. The van der Waals surface area contributed by atoms with Gasteiger partial charge in [0.2, 0.25) is 5.91 Å². The molecule has 0 aliphatic carbocycles. The number of anilines is 1. The number of nitrogens with one attached hydrogen (secondary N) is 1. The van der Waals surface area contributed by atoms with Gasteiger partial charge in [0, 0.05) is 38.1 Å². The standard InChI is InChI=1S/C20H24N4O2/c1-15-6-5-8-17(16(15)2)22-19(25)14-23-10-12-24(13-11-23)20(26)18-7-3-4-9-21-18/h3-9H,10-14H2,1-2H3,(H,22,25). The number of carbonyl (C=O) groups excluding carboxylic acids is 2. The van der Waals surface area contributed by atoms with Crippen molar-refractivity contribution in [3.8, 4) is 0 Å². The van der Waals surface area contributed by atoms with Gasteiger partial charge < -0.3 is 10.2 Å². The molecule has 1 aliphatic rings. The average Bonchev–Trinajstić information content (AvgIpc) is 2.66.